The minimum atomic E-state index is -0.0204. The molecule has 0 amide bonds. The van der Waals surface area contributed by atoms with Gasteiger partial charge in [0.2, 0.25) is 0 Å². The second kappa shape index (κ2) is 6.77. The Bertz CT molecular complexity index is 569. The van der Waals surface area contributed by atoms with Crippen LogP contribution in [0.5, 0.6) is 0 Å². The molecule has 0 unspecified atom stereocenters. The number of nitrogens with zero attached hydrogens (tertiary/aromatic N) is 1. The highest BCUT2D eigenvalue weighted by molar-refractivity contribution is 7.10. The van der Waals surface area contributed by atoms with Gasteiger partial charge in [0.15, 0.2) is 0 Å². The lowest BCUT2D eigenvalue weighted by Gasteiger charge is -2.27. The Kier molecular flexibility index (Phi) is 4.78. The number of thiophene rings is 1. The lowest BCUT2D eigenvalue weighted by molar-refractivity contribution is 0.163. The Morgan fingerprint density at radius 1 is 1.19 bits per heavy atom. The molecule has 0 bridgehead atoms. The summed E-state index contributed by atoms with van der Waals surface area (Å²) in [6.07, 6.45) is 5.26. The van der Waals surface area contributed by atoms with Gasteiger partial charge in [0.1, 0.15) is 18.1 Å². The van der Waals surface area contributed by atoms with Crippen LogP contribution in [-0.4, -0.2) is 16.0 Å². The summed E-state index contributed by atoms with van der Waals surface area (Å²) in [6.45, 7) is 4.01. The fraction of sp³-hybridized carbons (Fsp3) is 0.529. The summed E-state index contributed by atoms with van der Waals surface area (Å²) in [6, 6.07) is 6.73. The first-order chi connectivity index (χ1) is 10.3. The number of hydrogen-bond donors (Lipinski definition) is 1. The average Bonchev–Trinajstić information content (AvgIpc) is 3.20. The van der Waals surface area contributed by atoms with Crippen molar-refractivity contribution in [2.75, 3.05) is 0 Å². The van der Waals surface area contributed by atoms with Crippen molar-refractivity contribution in [3.8, 4) is 0 Å². The van der Waals surface area contributed by atoms with Crippen molar-refractivity contribution in [3.63, 3.8) is 0 Å². The van der Waals surface area contributed by atoms with E-state index in [0.717, 1.165) is 18.8 Å². The molecular weight excluding hydrogens is 282 g/mol. The van der Waals surface area contributed by atoms with E-state index in [0.29, 0.717) is 11.8 Å². The molecule has 2 heterocycles. The number of aliphatic hydroxyl groups excluding tert-OH is 1. The highest BCUT2D eigenvalue weighted by Crippen LogP contribution is 2.28. The maximum atomic E-state index is 9.13. The molecular formula is C17H23NO2S. The van der Waals surface area contributed by atoms with Crippen LogP contribution in [0.2, 0.25) is 0 Å². The molecule has 114 valence electrons. The van der Waals surface area contributed by atoms with Crippen molar-refractivity contribution in [1.29, 1.82) is 0 Å². The Morgan fingerprint density at radius 2 is 1.95 bits per heavy atom. The van der Waals surface area contributed by atoms with Crippen LogP contribution >= 0.6 is 11.3 Å². The molecule has 0 aromatic carbocycles. The van der Waals surface area contributed by atoms with E-state index in [1.807, 2.05) is 23.5 Å². The molecule has 0 aliphatic heterocycles. The van der Waals surface area contributed by atoms with E-state index in [-0.39, 0.29) is 6.61 Å². The van der Waals surface area contributed by atoms with Crippen molar-refractivity contribution in [3.05, 3.63) is 45.5 Å². The highest BCUT2D eigenvalue weighted by atomic mass is 32.1. The van der Waals surface area contributed by atoms with Crippen LogP contribution < -0.4 is 0 Å². The van der Waals surface area contributed by atoms with Crippen molar-refractivity contribution < 1.29 is 9.52 Å². The molecule has 3 rings (SSSR count). The quantitative estimate of drug-likeness (QED) is 0.873. The monoisotopic (exact) mass is 305 g/mol. The van der Waals surface area contributed by atoms with Gasteiger partial charge in [-0.05, 0) is 48.9 Å². The van der Waals surface area contributed by atoms with E-state index in [4.69, 9.17) is 9.52 Å². The first-order valence-electron chi connectivity index (χ1n) is 7.71. The molecule has 1 saturated carbocycles. The minimum absolute atomic E-state index is 0.0204. The molecule has 1 N–H and O–H groups in total. The zero-order valence-corrected chi connectivity index (χ0v) is 13.4. The first kappa shape index (κ1) is 14.8. The van der Waals surface area contributed by atoms with Crippen LogP contribution in [0.25, 0.3) is 0 Å². The summed E-state index contributed by atoms with van der Waals surface area (Å²) < 4.78 is 5.68. The minimum Gasteiger partial charge on any atom is -0.462 e. The van der Waals surface area contributed by atoms with Crippen LogP contribution in [-0.2, 0) is 19.7 Å². The predicted octanol–water partition coefficient (Wildman–Crippen LogP) is 4.09. The predicted molar refractivity (Wildman–Crippen MR) is 85.2 cm³/mol. The lowest BCUT2D eigenvalue weighted by Crippen LogP contribution is -2.32. The molecule has 2 aromatic rings. The molecule has 3 nitrogen and oxygen atoms in total. The summed E-state index contributed by atoms with van der Waals surface area (Å²) in [7, 11) is 0. The van der Waals surface area contributed by atoms with Crippen molar-refractivity contribution in [1.82, 2.24) is 4.90 Å². The van der Waals surface area contributed by atoms with Crippen LogP contribution in [0.4, 0.5) is 0 Å². The van der Waals surface area contributed by atoms with Crippen molar-refractivity contribution >= 4 is 11.3 Å². The molecule has 0 radical (unpaired) electrons. The number of furan rings is 1. The number of aliphatic hydroxyl groups is 1. The standard InChI is InChI=1S/C17H23NO2S/c1-13-8-9-21-17(13)11-18(14-4-2-3-5-14)10-15-6-7-16(12-19)20-15/h6-9,14,19H,2-5,10-12H2,1H3. The summed E-state index contributed by atoms with van der Waals surface area (Å²) in [4.78, 5) is 4.00. The molecule has 0 atom stereocenters. The van der Waals surface area contributed by atoms with Crippen molar-refractivity contribution in [2.45, 2.75) is 58.3 Å². The van der Waals surface area contributed by atoms with Crippen LogP contribution in [0.3, 0.4) is 0 Å². The largest absolute Gasteiger partial charge is 0.462 e. The van der Waals surface area contributed by atoms with Crippen LogP contribution in [0.1, 0.15) is 47.6 Å². The van der Waals surface area contributed by atoms with Crippen LogP contribution in [0, 0.1) is 6.92 Å². The van der Waals surface area contributed by atoms with E-state index in [1.54, 1.807) is 0 Å². The average molecular weight is 305 g/mol. The van der Waals surface area contributed by atoms with Gasteiger partial charge in [-0.3, -0.25) is 4.90 Å². The third-order valence-corrected chi connectivity index (χ3v) is 5.40. The fourth-order valence-corrected chi connectivity index (χ4v) is 4.06. The van der Waals surface area contributed by atoms with Crippen LogP contribution in [0.15, 0.2) is 28.0 Å². The van der Waals surface area contributed by atoms with Gasteiger partial charge in [-0.25, -0.2) is 0 Å². The highest BCUT2D eigenvalue weighted by Gasteiger charge is 2.24. The SMILES string of the molecule is Cc1ccsc1CN(Cc1ccc(CO)o1)C1CCCC1. The Labute approximate surface area is 130 Å². The molecule has 0 spiro atoms. The second-order valence-electron chi connectivity index (χ2n) is 5.90. The van der Waals surface area contributed by atoms with E-state index >= 15 is 0 Å². The summed E-state index contributed by atoms with van der Waals surface area (Å²) in [5.41, 5.74) is 1.39. The maximum Gasteiger partial charge on any atom is 0.129 e. The van der Waals surface area contributed by atoms with Gasteiger partial charge in [-0.15, -0.1) is 11.3 Å². The molecule has 21 heavy (non-hydrogen) atoms. The Balaban J connectivity index is 1.73. The van der Waals surface area contributed by atoms with Gasteiger partial charge in [0.25, 0.3) is 0 Å². The Hall–Kier alpha value is -1.10. The molecule has 2 aromatic heterocycles. The number of aryl methyl sites for hydroxylation is 1. The third kappa shape index (κ3) is 3.57. The third-order valence-electron chi connectivity index (χ3n) is 4.39. The van der Waals surface area contributed by atoms with E-state index < -0.39 is 0 Å². The summed E-state index contributed by atoms with van der Waals surface area (Å²) in [5, 5.41) is 11.3. The maximum absolute atomic E-state index is 9.13. The number of rotatable bonds is 6. The lowest BCUT2D eigenvalue weighted by atomic mass is 10.2. The topological polar surface area (TPSA) is 36.6 Å². The van der Waals surface area contributed by atoms with Crippen molar-refractivity contribution in [2.24, 2.45) is 0 Å². The normalized spacial score (nSPS) is 16.1. The molecule has 4 heteroatoms. The van der Waals surface area contributed by atoms with Gasteiger partial charge in [0, 0.05) is 17.5 Å². The first-order valence-corrected chi connectivity index (χ1v) is 8.59. The molecule has 1 aliphatic rings. The zero-order valence-electron chi connectivity index (χ0n) is 12.5. The smallest absolute Gasteiger partial charge is 0.129 e. The van der Waals surface area contributed by atoms with E-state index in [1.165, 1.54) is 36.1 Å². The molecule has 1 aliphatic carbocycles. The van der Waals surface area contributed by atoms with E-state index in [9.17, 15) is 0 Å². The van der Waals surface area contributed by atoms with Gasteiger partial charge < -0.3 is 9.52 Å². The Morgan fingerprint density at radius 3 is 2.57 bits per heavy atom. The second-order valence-corrected chi connectivity index (χ2v) is 6.90. The van der Waals surface area contributed by atoms with Gasteiger partial charge in [-0.2, -0.15) is 0 Å². The number of hydrogen-bond acceptors (Lipinski definition) is 4. The van der Waals surface area contributed by atoms with Gasteiger partial charge in [0.05, 0.1) is 6.54 Å². The molecule has 0 saturated heterocycles. The van der Waals surface area contributed by atoms with E-state index in [2.05, 4.69) is 23.3 Å². The summed E-state index contributed by atoms with van der Waals surface area (Å²) >= 11 is 1.84. The molecule has 1 fully saturated rings. The fourth-order valence-electron chi connectivity index (χ4n) is 3.13. The van der Waals surface area contributed by atoms with Gasteiger partial charge in [-0.1, -0.05) is 12.8 Å². The zero-order chi connectivity index (χ0) is 14.7. The van der Waals surface area contributed by atoms with Gasteiger partial charge >= 0.3 is 0 Å². The summed E-state index contributed by atoms with van der Waals surface area (Å²) in [5.74, 6) is 1.61.